The molecule has 2 aromatic carbocycles. The molecular weight excluding hydrogens is 278 g/mol. The molecule has 0 heterocycles. The summed E-state index contributed by atoms with van der Waals surface area (Å²) in [5.74, 6) is 0. The summed E-state index contributed by atoms with van der Waals surface area (Å²) < 4.78 is 4.10. The maximum absolute atomic E-state index is 4.55. The van der Waals surface area contributed by atoms with E-state index in [2.05, 4.69) is 53.5 Å². The van der Waals surface area contributed by atoms with Crippen LogP contribution >= 0.6 is 12.1 Å². The molecule has 3 nitrogen and oxygen atoms in total. The van der Waals surface area contributed by atoms with Crippen LogP contribution in [0.1, 0.15) is 11.1 Å². The highest BCUT2D eigenvalue weighted by Gasteiger charge is 2.03. The lowest BCUT2D eigenvalue weighted by Crippen LogP contribution is -2.17. The van der Waals surface area contributed by atoms with E-state index in [-0.39, 0.29) is 0 Å². The zero-order valence-corrected chi connectivity index (χ0v) is 13.8. The van der Waals surface area contributed by atoms with Gasteiger partial charge in [0.2, 0.25) is 0 Å². The maximum atomic E-state index is 4.55. The van der Waals surface area contributed by atoms with Gasteiger partial charge < -0.3 is 4.31 Å². The molecule has 0 aliphatic rings. The molecule has 0 radical (unpaired) electrons. The van der Waals surface area contributed by atoms with E-state index in [1.807, 2.05) is 42.9 Å². The number of aryl methyl sites for hydroxylation is 2. The van der Waals surface area contributed by atoms with Crippen LogP contribution < -0.4 is 4.31 Å². The van der Waals surface area contributed by atoms with Gasteiger partial charge >= 0.3 is 0 Å². The van der Waals surface area contributed by atoms with Crippen molar-refractivity contribution < 1.29 is 0 Å². The fraction of sp³-hybridized carbons (Fsp3) is 0.235. The average molecular weight is 299 g/mol. The molecule has 0 amide bonds. The number of hydrogen-bond acceptors (Lipinski definition) is 3. The topological polar surface area (TPSA) is 18.8 Å². The van der Waals surface area contributed by atoms with Crippen molar-refractivity contribution in [2.45, 2.75) is 13.8 Å². The molecule has 0 saturated carbocycles. The normalized spacial score (nSPS) is 10.9. The van der Waals surface area contributed by atoms with Crippen molar-refractivity contribution in [2.24, 2.45) is 4.99 Å². The van der Waals surface area contributed by atoms with Gasteiger partial charge in [-0.25, -0.2) is 4.99 Å². The van der Waals surface area contributed by atoms with Gasteiger partial charge in [0.1, 0.15) is 6.34 Å². The first-order chi connectivity index (χ1) is 10.1. The Morgan fingerprint density at radius 1 is 1.00 bits per heavy atom. The molecule has 4 heteroatoms. The van der Waals surface area contributed by atoms with E-state index in [1.165, 1.54) is 11.1 Å². The second-order valence-corrected chi connectivity index (χ2v) is 6.28. The van der Waals surface area contributed by atoms with Crippen LogP contribution in [0.4, 0.5) is 11.4 Å². The zero-order valence-electron chi connectivity index (χ0n) is 12.9. The van der Waals surface area contributed by atoms with Crippen LogP contribution in [-0.4, -0.2) is 24.7 Å². The first-order valence-corrected chi connectivity index (χ1v) is 7.60. The maximum Gasteiger partial charge on any atom is 0.102 e. The smallest absolute Gasteiger partial charge is 0.102 e. The molecule has 0 spiro atoms. The summed E-state index contributed by atoms with van der Waals surface area (Å²) >= 11 is 1.60. The first kappa shape index (κ1) is 15.4. The van der Waals surface area contributed by atoms with E-state index < -0.39 is 0 Å². The Bertz CT molecular complexity index is 611. The van der Waals surface area contributed by atoms with Gasteiger partial charge in [-0.05, 0) is 37.6 Å². The molecule has 0 unspecified atom stereocenters. The van der Waals surface area contributed by atoms with Gasteiger partial charge in [-0.15, -0.1) is 0 Å². The van der Waals surface area contributed by atoms with E-state index in [0.29, 0.717) is 0 Å². The van der Waals surface area contributed by atoms with Crippen molar-refractivity contribution in [1.29, 1.82) is 0 Å². The predicted octanol–water partition coefficient (Wildman–Crippen LogP) is 4.59. The molecule has 2 rings (SSSR count). The van der Waals surface area contributed by atoms with Crippen molar-refractivity contribution in [3.63, 3.8) is 0 Å². The molecule has 110 valence electrons. The second-order valence-electron chi connectivity index (χ2n) is 5.00. The fourth-order valence-electron chi connectivity index (χ4n) is 1.99. The molecule has 21 heavy (non-hydrogen) atoms. The summed E-state index contributed by atoms with van der Waals surface area (Å²) in [7, 11) is 4.04. The van der Waals surface area contributed by atoms with Crippen LogP contribution in [-0.2, 0) is 0 Å². The lowest BCUT2D eigenvalue weighted by atomic mass is 10.1. The minimum absolute atomic E-state index is 1.01. The molecule has 0 saturated heterocycles. The van der Waals surface area contributed by atoms with Gasteiger partial charge in [0.05, 0.1) is 17.8 Å². The van der Waals surface area contributed by atoms with Crippen LogP contribution in [0.2, 0.25) is 0 Å². The summed E-state index contributed by atoms with van der Waals surface area (Å²) in [6.07, 6.45) is 1.85. The number of aliphatic imine (C=N–C) groups is 1. The second kappa shape index (κ2) is 7.18. The Labute approximate surface area is 131 Å². The Balaban J connectivity index is 1.98. The first-order valence-electron chi connectivity index (χ1n) is 6.87. The lowest BCUT2D eigenvalue weighted by molar-refractivity contribution is 0.866. The van der Waals surface area contributed by atoms with Gasteiger partial charge in [-0.3, -0.25) is 4.31 Å². The number of nitrogens with zero attached hydrogens (tertiary/aromatic N) is 3. The molecule has 0 aromatic heterocycles. The zero-order chi connectivity index (χ0) is 15.2. The molecule has 0 bridgehead atoms. The highest BCUT2D eigenvalue weighted by atomic mass is 32.2. The Hall–Kier alpha value is -1.94. The van der Waals surface area contributed by atoms with Gasteiger partial charge in [-0.1, -0.05) is 35.9 Å². The highest BCUT2D eigenvalue weighted by molar-refractivity contribution is 7.98. The van der Waals surface area contributed by atoms with Crippen LogP contribution in [0, 0.1) is 13.8 Å². The summed E-state index contributed by atoms with van der Waals surface area (Å²) in [5, 5.41) is 0. The molecule has 0 N–H and O–H groups in total. The SMILES string of the molecule is Cc1ccc(N=CN(C)SN(C)c2ccccc2)c(C)c1. The minimum Gasteiger partial charge on any atom is -0.302 e. The van der Waals surface area contributed by atoms with Crippen molar-refractivity contribution in [2.75, 3.05) is 18.4 Å². The Kier molecular flexibility index (Phi) is 5.28. The summed E-state index contributed by atoms with van der Waals surface area (Å²) in [5.41, 5.74) is 4.63. The minimum atomic E-state index is 1.01. The van der Waals surface area contributed by atoms with Crippen molar-refractivity contribution in [1.82, 2.24) is 4.31 Å². The van der Waals surface area contributed by atoms with E-state index in [0.717, 1.165) is 11.4 Å². The summed E-state index contributed by atoms with van der Waals surface area (Å²) in [6, 6.07) is 16.6. The highest BCUT2D eigenvalue weighted by Crippen LogP contribution is 2.22. The van der Waals surface area contributed by atoms with E-state index in [4.69, 9.17) is 0 Å². The lowest BCUT2D eigenvalue weighted by Gasteiger charge is -2.22. The number of rotatable bonds is 5. The molecule has 0 fully saturated rings. The van der Waals surface area contributed by atoms with Crippen molar-refractivity contribution in [3.05, 3.63) is 59.7 Å². The van der Waals surface area contributed by atoms with Gasteiger partial charge in [0.15, 0.2) is 0 Å². The van der Waals surface area contributed by atoms with Gasteiger partial charge in [-0.2, -0.15) is 0 Å². The quantitative estimate of drug-likeness (QED) is 0.457. The standard InChI is InChI=1S/C17H21N3S/c1-14-10-11-17(15(2)12-14)18-13-19(3)21-20(4)16-8-6-5-7-9-16/h5-13H,1-4H3. The predicted molar refractivity (Wildman–Crippen MR) is 94.3 cm³/mol. The Morgan fingerprint density at radius 3 is 2.38 bits per heavy atom. The van der Waals surface area contributed by atoms with Crippen LogP contribution in [0.25, 0.3) is 0 Å². The average Bonchev–Trinajstić information content (AvgIpc) is 2.47. The third-order valence-corrected chi connectivity index (χ3v) is 3.89. The van der Waals surface area contributed by atoms with Crippen LogP contribution in [0.5, 0.6) is 0 Å². The van der Waals surface area contributed by atoms with E-state index >= 15 is 0 Å². The van der Waals surface area contributed by atoms with Crippen molar-refractivity contribution in [3.8, 4) is 0 Å². The van der Waals surface area contributed by atoms with Crippen LogP contribution in [0.15, 0.2) is 53.5 Å². The summed E-state index contributed by atoms with van der Waals surface area (Å²) in [6.45, 7) is 4.18. The number of hydrogen-bond donors (Lipinski definition) is 0. The van der Waals surface area contributed by atoms with Crippen molar-refractivity contribution >= 4 is 29.8 Å². The summed E-state index contributed by atoms with van der Waals surface area (Å²) in [4.78, 5) is 4.55. The third kappa shape index (κ3) is 4.53. The molecule has 0 aliphatic carbocycles. The molecule has 0 aliphatic heterocycles. The van der Waals surface area contributed by atoms with E-state index in [9.17, 15) is 0 Å². The fourth-order valence-corrected chi connectivity index (χ4v) is 2.68. The molecule has 0 atom stereocenters. The molecular formula is C17H21N3S. The van der Waals surface area contributed by atoms with Crippen LogP contribution in [0.3, 0.4) is 0 Å². The monoisotopic (exact) mass is 299 g/mol. The number of anilines is 1. The van der Waals surface area contributed by atoms with Gasteiger partial charge in [0.25, 0.3) is 0 Å². The Morgan fingerprint density at radius 2 is 1.71 bits per heavy atom. The van der Waals surface area contributed by atoms with E-state index in [1.54, 1.807) is 12.1 Å². The largest absolute Gasteiger partial charge is 0.302 e. The third-order valence-electron chi connectivity index (χ3n) is 3.08. The number of para-hydroxylation sites is 1. The molecule has 2 aromatic rings. The van der Waals surface area contributed by atoms with Gasteiger partial charge in [0, 0.05) is 19.8 Å². The number of benzene rings is 2.